The molecule has 0 spiro atoms. The molecule has 1 unspecified atom stereocenters. The van der Waals surface area contributed by atoms with E-state index < -0.39 is 0 Å². The first-order valence-electron chi connectivity index (χ1n) is 6.12. The third-order valence-corrected chi connectivity index (χ3v) is 3.24. The highest BCUT2D eigenvalue weighted by atomic mass is 19.1. The minimum absolute atomic E-state index is 0.284. The van der Waals surface area contributed by atoms with E-state index in [0.29, 0.717) is 6.54 Å². The van der Waals surface area contributed by atoms with Gasteiger partial charge in [-0.2, -0.15) is 0 Å². The van der Waals surface area contributed by atoms with Crippen LogP contribution in [0, 0.1) is 5.82 Å². The molecule has 0 radical (unpaired) electrons. The molecule has 1 aromatic carbocycles. The maximum Gasteiger partial charge on any atom is 0.240 e. The first-order valence-corrected chi connectivity index (χ1v) is 6.12. The van der Waals surface area contributed by atoms with E-state index in [1.165, 1.54) is 12.1 Å². The molecule has 18 heavy (non-hydrogen) atoms. The third kappa shape index (κ3) is 2.61. The summed E-state index contributed by atoms with van der Waals surface area (Å²) in [6.07, 6.45) is 1.65. The van der Waals surface area contributed by atoms with Crippen LogP contribution in [0.3, 0.4) is 0 Å². The number of benzene rings is 1. The Hall–Kier alpha value is -1.62. The smallest absolute Gasteiger partial charge is 0.240 e. The molecule has 1 atom stereocenters. The van der Waals surface area contributed by atoms with Crippen molar-refractivity contribution in [1.29, 1.82) is 0 Å². The minimum Gasteiger partial charge on any atom is -0.368 e. The van der Waals surface area contributed by atoms with Gasteiger partial charge in [-0.3, -0.25) is 4.79 Å². The zero-order valence-corrected chi connectivity index (χ0v) is 10.4. The zero-order valence-electron chi connectivity index (χ0n) is 10.4. The summed E-state index contributed by atoms with van der Waals surface area (Å²) < 4.78 is 13.6. The highest BCUT2D eigenvalue weighted by molar-refractivity contribution is 5.84. The normalized spacial score (nSPS) is 19.2. The monoisotopic (exact) mass is 251 g/mol. The molecule has 1 fully saturated rings. The Morgan fingerprint density at radius 2 is 2.33 bits per heavy atom. The van der Waals surface area contributed by atoms with Crippen LogP contribution >= 0.6 is 0 Å². The summed E-state index contributed by atoms with van der Waals surface area (Å²) in [5.41, 5.74) is 6.97. The van der Waals surface area contributed by atoms with Gasteiger partial charge < -0.3 is 16.0 Å². The van der Waals surface area contributed by atoms with Gasteiger partial charge in [0.15, 0.2) is 0 Å². The van der Waals surface area contributed by atoms with Gasteiger partial charge in [0.25, 0.3) is 0 Å². The van der Waals surface area contributed by atoms with Gasteiger partial charge in [0.2, 0.25) is 5.91 Å². The Morgan fingerprint density at radius 3 is 3.00 bits per heavy atom. The van der Waals surface area contributed by atoms with E-state index in [2.05, 4.69) is 5.32 Å². The first-order chi connectivity index (χ1) is 8.61. The number of nitrogens with zero attached hydrogens (tertiary/aromatic N) is 1. The molecule has 1 aliphatic heterocycles. The first kappa shape index (κ1) is 12.8. The Morgan fingerprint density at radius 1 is 1.56 bits per heavy atom. The summed E-state index contributed by atoms with van der Waals surface area (Å²) in [5.74, 6) is -0.625. The standard InChI is InChI=1S/C13H18FN3O/c1-16-8-9-5-10(14)7-11(6-9)17-4-2-3-12(17)13(15)18/h5-7,12,16H,2-4,8H2,1H3,(H2,15,18). The van der Waals surface area contributed by atoms with Crippen molar-refractivity contribution in [3.63, 3.8) is 0 Å². The number of amides is 1. The molecule has 5 heteroatoms. The van der Waals surface area contributed by atoms with Gasteiger partial charge in [0.05, 0.1) is 0 Å². The summed E-state index contributed by atoms with van der Waals surface area (Å²) >= 11 is 0. The van der Waals surface area contributed by atoms with Gasteiger partial charge in [-0.1, -0.05) is 0 Å². The van der Waals surface area contributed by atoms with Crippen molar-refractivity contribution < 1.29 is 9.18 Å². The molecule has 1 aromatic rings. The van der Waals surface area contributed by atoms with Crippen LogP contribution in [0.5, 0.6) is 0 Å². The molecule has 1 aliphatic rings. The van der Waals surface area contributed by atoms with Crippen LogP contribution in [0.2, 0.25) is 0 Å². The number of anilines is 1. The van der Waals surface area contributed by atoms with Crippen LogP contribution in [0.1, 0.15) is 18.4 Å². The number of rotatable bonds is 4. The van der Waals surface area contributed by atoms with Crippen LogP contribution in [0.4, 0.5) is 10.1 Å². The fourth-order valence-electron chi connectivity index (χ4n) is 2.48. The molecule has 0 aliphatic carbocycles. The van der Waals surface area contributed by atoms with Crippen molar-refractivity contribution in [2.75, 3.05) is 18.5 Å². The maximum absolute atomic E-state index is 13.6. The number of carbonyl (C=O) groups excluding carboxylic acids is 1. The quantitative estimate of drug-likeness (QED) is 0.839. The molecule has 0 saturated carbocycles. The predicted octanol–water partition coefficient (Wildman–Crippen LogP) is 0.999. The van der Waals surface area contributed by atoms with Gasteiger partial charge in [-0.05, 0) is 43.7 Å². The highest BCUT2D eigenvalue weighted by Gasteiger charge is 2.29. The Labute approximate surface area is 106 Å². The molecule has 2 rings (SSSR count). The van der Waals surface area contributed by atoms with E-state index in [1.54, 1.807) is 0 Å². The van der Waals surface area contributed by atoms with E-state index in [4.69, 9.17) is 5.73 Å². The molecule has 1 amide bonds. The molecule has 0 aromatic heterocycles. The van der Waals surface area contributed by atoms with Gasteiger partial charge in [0, 0.05) is 18.8 Å². The minimum atomic E-state index is -0.341. The number of nitrogens with two attached hydrogens (primary N) is 1. The maximum atomic E-state index is 13.6. The predicted molar refractivity (Wildman–Crippen MR) is 68.7 cm³/mol. The van der Waals surface area contributed by atoms with E-state index >= 15 is 0 Å². The zero-order chi connectivity index (χ0) is 13.1. The van der Waals surface area contributed by atoms with E-state index in [-0.39, 0.29) is 17.8 Å². The summed E-state index contributed by atoms with van der Waals surface area (Å²) in [6, 6.07) is 4.55. The summed E-state index contributed by atoms with van der Waals surface area (Å²) in [5, 5.41) is 2.99. The molecular formula is C13H18FN3O. The molecule has 1 saturated heterocycles. The van der Waals surface area contributed by atoms with Crippen LogP contribution in [0.15, 0.2) is 18.2 Å². The number of hydrogen-bond donors (Lipinski definition) is 2. The summed E-state index contributed by atoms with van der Waals surface area (Å²) in [7, 11) is 1.81. The fraction of sp³-hybridized carbons (Fsp3) is 0.462. The van der Waals surface area contributed by atoms with Gasteiger partial charge in [0.1, 0.15) is 11.9 Å². The molecule has 98 valence electrons. The average Bonchev–Trinajstić information content (AvgIpc) is 2.77. The lowest BCUT2D eigenvalue weighted by Gasteiger charge is -2.25. The summed E-state index contributed by atoms with van der Waals surface area (Å²) in [4.78, 5) is 13.2. The molecular weight excluding hydrogens is 233 g/mol. The second-order valence-corrected chi connectivity index (χ2v) is 4.60. The molecule has 0 bridgehead atoms. The largest absolute Gasteiger partial charge is 0.368 e. The number of carbonyl (C=O) groups is 1. The molecule has 4 nitrogen and oxygen atoms in total. The van der Waals surface area contributed by atoms with Crippen molar-refractivity contribution in [2.45, 2.75) is 25.4 Å². The van der Waals surface area contributed by atoms with Crippen molar-refractivity contribution in [3.8, 4) is 0 Å². The number of halogens is 1. The molecule has 1 heterocycles. The van der Waals surface area contributed by atoms with Crippen LogP contribution in [-0.2, 0) is 11.3 Å². The van der Waals surface area contributed by atoms with E-state index in [1.807, 2.05) is 18.0 Å². The average molecular weight is 251 g/mol. The lowest BCUT2D eigenvalue weighted by Crippen LogP contribution is -2.40. The number of nitrogens with one attached hydrogen (secondary N) is 1. The van der Waals surface area contributed by atoms with Gasteiger partial charge >= 0.3 is 0 Å². The fourth-order valence-corrected chi connectivity index (χ4v) is 2.48. The van der Waals surface area contributed by atoms with Gasteiger partial charge in [-0.15, -0.1) is 0 Å². The van der Waals surface area contributed by atoms with Crippen LogP contribution < -0.4 is 16.0 Å². The second kappa shape index (κ2) is 5.35. The topological polar surface area (TPSA) is 58.4 Å². The lowest BCUT2D eigenvalue weighted by atomic mass is 10.1. The van der Waals surface area contributed by atoms with Crippen molar-refractivity contribution in [2.24, 2.45) is 5.73 Å². The second-order valence-electron chi connectivity index (χ2n) is 4.60. The lowest BCUT2D eigenvalue weighted by molar-refractivity contribution is -0.119. The number of hydrogen-bond acceptors (Lipinski definition) is 3. The van der Waals surface area contributed by atoms with Crippen molar-refractivity contribution >= 4 is 11.6 Å². The van der Waals surface area contributed by atoms with E-state index in [0.717, 1.165) is 30.6 Å². The van der Waals surface area contributed by atoms with E-state index in [9.17, 15) is 9.18 Å². The Bertz CT molecular complexity index is 450. The summed E-state index contributed by atoms with van der Waals surface area (Å²) in [6.45, 7) is 1.34. The Kier molecular flexibility index (Phi) is 3.81. The SMILES string of the molecule is CNCc1cc(F)cc(N2CCCC2C(N)=O)c1. The third-order valence-electron chi connectivity index (χ3n) is 3.24. The van der Waals surface area contributed by atoms with Gasteiger partial charge in [-0.25, -0.2) is 4.39 Å². The molecule has 3 N–H and O–H groups in total. The van der Waals surface area contributed by atoms with Crippen molar-refractivity contribution in [1.82, 2.24) is 5.32 Å². The number of primary amides is 1. The Balaban J connectivity index is 2.29. The highest BCUT2D eigenvalue weighted by Crippen LogP contribution is 2.27. The van der Waals surface area contributed by atoms with Crippen LogP contribution in [-0.4, -0.2) is 25.5 Å². The van der Waals surface area contributed by atoms with Crippen LogP contribution in [0.25, 0.3) is 0 Å². The van der Waals surface area contributed by atoms with Crippen molar-refractivity contribution in [3.05, 3.63) is 29.6 Å².